The number of nitrogens with zero attached hydrogens (tertiary/aromatic N) is 2. The fraction of sp³-hybridized carbons (Fsp3) is 0.600. The number of hydrogen-bond acceptors (Lipinski definition) is 3. The Hall–Kier alpha value is -1.74. The molecule has 0 aliphatic heterocycles. The van der Waals surface area contributed by atoms with Gasteiger partial charge in [-0.25, -0.2) is 0 Å². The van der Waals surface area contributed by atoms with Crippen LogP contribution in [0.1, 0.15) is 91.8 Å². The second kappa shape index (κ2) is 7.59. The number of hydrogen-bond donors (Lipinski definition) is 0. The van der Waals surface area contributed by atoms with E-state index in [1.165, 1.54) is 11.1 Å². The average Bonchev–Trinajstić information content (AvgIpc) is 2.59. The van der Waals surface area contributed by atoms with Gasteiger partial charge in [0.2, 0.25) is 0 Å². The molecule has 2 aromatic heterocycles. The lowest BCUT2D eigenvalue weighted by atomic mass is 9.85. The van der Waals surface area contributed by atoms with E-state index in [-0.39, 0.29) is 16.2 Å². The summed E-state index contributed by atoms with van der Waals surface area (Å²) in [6, 6.07) is 8.56. The second-order valence-corrected chi connectivity index (χ2v) is 11.0. The summed E-state index contributed by atoms with van der Waals surface area (Å²) in [5, 5.41) is 0. The minimum atomic E-state index is -0.459. The zero-order chi connectivity index (χ0) is 21.4. The third-order valence-electron chi connectivity index (χ3n) is 5.36. The highest BCUT2D eigenvalue weighted by molar-refractivity contribution is 5.25. The Labute approximate surface area is 172 Å². The number of rotatable bonds is 5. The number of pyridine rings is 2. The van der Waals surface area contributed by atoms with E-state index in [1.54, 1.807) is 0 Å². The molecule has 0 saturated heterocycles. The van der Waals surface area contributed by atoms with Gasteiger partial charge in [-0.2, -0.15) is 0 Å². The molecule has 3 nitrogen and oxygen atoms in total. The summed E-state index contributed by atoms with van der Waals surface area (Å²) in [5.74, 6) is 0. The molecule has 0 aromatic carbocycles. The maximum atomic E-state index is 6.36. The Balaban J connectivity index is 2.12. The first kappa shape index (κ1) is 22.5. The summed E-state index contributed by atoms with van der Waals surface area (Å²) in [6.45, 7) is 22.3. The van der Waals surface area contributed by atoms with Crippen molar-refractivity contribution < 1.29 is 4.74 Å². The second-order valence-electron chi connectivity index (χ2n) is 11.0. The number of aromatic nitrogens is 2. The maximum absolute atomic E-state index is 6.36. The molecule has 0 saturated carbocycles. The van der Waals surface area contributed by atoms with Crippen molar-refractivity contribution in [2.45, 2.75) is 91.1 Å². The van der Waals surface area contributed by atoms with Gasteiger partial charge in [-0.3, -0.25) is 9.97 Å². The lowest BCUT2D eigenvalue weighted by Crippen LogP contribution is -2.33. The SMILES string of the molecule is CC(C)(C)c1ccc(C(C)(C)COC(C)(C)c2ccc(C(C)(C)C)cn2)nc1. The number of ether oxygens (including phenoxy) is 1. The van der Waals surface area contributed by atoms with Gasteiger partial charge in [0.15, 0.2) is 0 Å². The van der Waals surface area contributed by atoms with Gasteiger partial charge in [-0.05, 0) is 47.9 Å². The highest BCUT2D eigenvalue weighted by Gasteiger charge is 2.30. The van der Waals surface area contributed by atoms with Crippen LogP contribution >= 0.6 is 0 Å². The van der Waals surface area contributed by atoms with Gasteiger partial charge in [0.1, 0.15) is 5.60 Å². The van der Waals surface area contributed by atoms with E-state index < -0.39 is 5.60 Å². The van der Waals surface area contributed by atoms with E-state index in [2.05, 4.69) is 98.5 Å². The molecule has 28 heavy (non-hydrogen) atoms. The molecule has 0 bridgehead atoms. The van der Waals surface area contributed by atoms with Crippen LogP contribution in [0.5, 0.6) is 0 Å². The summed E-state index contributed by atoms with van der Waals surface area (Å²) in [4.78, 5) is 9.42. The lowest BCUT2D eigenvalue weighted by Gasteiger charge is -2.32. The summed E-state index contributed by atoms with van der Waals surface area (Å²) >= 11 is 0. The van der Waals surface area contributed by atoms with Gasteiger partial charge in [-0.15, -0.1) is 0 Å². The Morgan fingerprint density at radius 2 is 1.07 bits per heavy atom. The fourth-order valence-corrected chi connectivity index (χ4v) is 2.94. The minimum absolute atomic E-state index is 0.101. The molecular weight excluding hydrogens is 344 g/mol. The molecule has 0 aliphatic carbocycles. The molecular formula is C25H38N2O. The third-order valence-corrected chi connectivity index (χ3v) is 5.36. The van der Waals surface area contributed by atoms with E-state index in [0.717, 1.165) is 11.4 Å². The van der Waals surface area contributed by atoms with Crippen molar-refractivity contribution in [3.63, 3.8) is 0 Å². The summed E-state index contributed by atoms with van der Waals surface area (Å²) in [5.41, 5.74) is 4.05. The molecule has 0 radical (unpaired) electrons. The predicted octanol–water partition coefficient (Wildman–Crippen LogP) is 6.30. The van der Waals surface area contributed by atoms with Crippen LogP contribution in [0.4, 0.5) is 0 Å². The molecule has 2 heterocycles. The van der Waals surface area contributed by atoms with Crippen molar-refractivity contribution in [1.29, 1.82) is 0 Å². The largest absolute Gasteiger partial charge is 0.368 e. The molecule has 2 aromatic rings. The van der Waals surface area contributed by atoms with Gasteiger partial charge < -0.3 is 4.74 Å². The van der Waals surface area contributed by atoms with Gasteiger partial charge in [0, 0.05) is 23.5 Å². The highest BCUT2D eigenvalue weighted by atomic mass is 16.5. The maximum Gasteiger partial charge on any atom is 0.104 e. The third kappa shape index (κ3) is 5.41. The molecule has 0 unspecified atom stereocenters. The molecule has 0 fully saturated rings. The predicted molar refractivity (Wildman–Crippen MR) is 118 cm³/mol. The van der Waals surface area contributed by atoms with E-state index >= 15 is 0 Å². The standard InChI is InChI=1S/C25H38N2O/c1-22(2,3)18-11-13-20(26-15-18)24(7,8)17-28-25(9,10)21-14-12-19(16-27-21)23(4,5)6/h11-16H,17H2,1-10H3. The fourth-order valence-electron chi connectivity index (χ4n) is 2.94. The van der Waals surface area contributed by atoms with E-state index in [9.17, 15) is 0 Å². The first-order chi connectivity index (χ1) is 12.6. The van der Waals surface area contributed by atoms with Gasteiger partial charge in [0.05, 0.1) is 12.3 Å². The highest BCUT2D eigenvalue weighted by Crippen LogP contribution is 2.31. The summed E-state index contributed by atoms with van der Waals surface area (Å²) in [7, 11) is 0. The molecule has 3 heteroatoms. The van der Waals surface area contributed by atoms with Crippen LogP contribution < -0.4 is 0 Å². The Kier molecular flexibility index (Phi) is 6.11. The summed E-state index contributed by atoms with van der Waals surface area (Å²) < 4.78 is 6.36. The van der Waals surface area contributed by atoms with Gasteiger partial charge in [-0.1, -0.05) is 67.5 Å². The molecule has 0 atom stereocenters. The molecule has 0 spiro atoms. The minimum Gasteiger partial charge on any atom is -0.368 e. The molecule has 0 amide bonds. The van der Waals surface area contributed by atoms with E-state index in [4.69, 9.17) is 9.72 Å². The van der Waals surface area contributed by atoms with E-state index in [1.807, 2.05) is 12.4 Å². The lowest BCUT2D eigenvalue weighted by molar-refractivity contribution is -0.0457. The molecule has 154 valence electrons. The Morgan fingerprint density at radius 3 is 1.43 bits per heavy atom. The van der Waals surface area contributed by atoms with Crippen LogP contribution in [-0.4, -0.2) is 16.6 Å². The van der Waals surface area contributed by atoms with Gasteiger partial charge in [0.25, 0.3) is 0 Å². The van der Waals surface area contributed by atoms with E-state index in [0.29, 0.717) is 6.61 Å². The first-order valence-corrected chi connectivity index (χ1v) is 10.2. The van der Waals surface area contributed by atoms with Crippen LogP contribution in [0.3, 0.4) is 0 Å². The van der Waals surface area contributed by atoms with Crippen LogP contribution in [0.2, 0.25) is 0 Å². The quantitative estimate of drug-likeness (QED) is 0.608. The smallest absolute Gasteiger partial charge is 0.104 e. The van der Waals surface area contributed by atoms with Crippen LogP contribution in [0.25, 0.3) is 0 Å². The average molecular weight is 383 g/mol. The molecule has 0 aliphatic rings. The normalized spacial score (nSPS) is 13.6. The Bertz CT molecular complexity index is 704. The Morgan fingerprint density at radius 1 is 0.643 bits per heavy atom. The zero-order valence-corrected chi connectivity index (χ0v) is 19.5. The zero-order valence-electron chi connectivity index (χ0n) is 19.5. The van der Waals surface area contributed by atoms with Crippen molar-refractivity contribution in [3.05, 3.63) is 59.2 Å². The van der Waals surface area contributed by atoms with Crippen molar-refractivity contribution >= 4 is 0 Å². The monoisotopic (exact) mass is 382 g/mol. The first-order valence-electron chi connectivity index (χ1n) is 10.2. The topological polar surface area (TPSA) is 35.0 Å². The molecule has 2 rings (SSSR count). The van der Waals surface area contributed by atoms with Crippen molar-refractivity contribution in [2.24, 2.45) is 0 Å². The summed E-state index contributed by atoms with van der Waals surface area (Å²) in [6.07, 6.45) is 3.97. The van der Waals surface area contributed by atoms with Crippen molar-refractivity contribution in [1.82, 2.24) is 9.97 Å². The van der Waals surface area contributed by atoms with Crippen molar-refractivity contribution in [3.8, 4) is 0 Å². The van der Waals surface area contributed by atoms with Crippen LogP contribution in [0.15, 0.2) is 36.7 Å². The molecule has 0 N–H and O–H groups in total. The van der Waals surface area contributed by atoms with Crippen LogP contribution in [-0.2, 0) is 26.6 Å². The van der Waals surface area contributed by atoms with Gasteiger partial charge >= 0.3 is 0 Å². The van der Waals surface area contributed by atoms with Crippen LogP contribution in [0, 0.1) is 0 Å². The van der Waals surface area contributed by atoms with Crippen molar-refractivity contribution in [2.75, 3.05) is 6.61 Å².